The molecule has 0 aromatic carbocycles. The van der Waals surface area contributed by atoms with E-state index in [9.17, 15) is 4.79 Å². The van der Waals surface area contributed by atoms with Gasteiger partial charge in [0.1, 0.15) is 5.69 Å². The van der Waals surface area contributed by atoms with Crippen molar-refractivity contribution in [3.05, 3.63) is 11.4 Å². The van der Waals surface area contributed by atoms with Crippen molar-refractivity contribution in [1.29, 1.82) is 0 Å². The Balaban J connectivity index is 3.28. The quantitative estimate of drug-likeness (QED) is 0.765. The van der Waals surface area contributed by atoms with Crippen LogP contribution in [-0.4, -0.2) is 48.9 Å². The summed E-state index contributed by atoms with van der Waals surface area (Å²) in [6.45, 7) is 3.04. The first-order chi connectivity index (χ1) is 8.56. The van der Waals surface area contributed by atoms with Crippen LogP contribution in [-0.2, 0) is 17.9 Å². The number of carbonyl (C=O) groups is 1. The van der Waals surface area contributed by atoms with Gasteiger partial charge in [-0.3, -0.25) is 9.48 Å². The van der Waals surface area contributed by atoms with Crippen molar-refractivity contribution in [3.8, 4) is 5.75 Å². The zero-order valence-electron chi connectivity index (χ0n) is 11.7. The lowest BCUT2D eigenvalue weighted by molar-refractivity contribution is 0.0811. The zero-order valence-corrected chi connectivity index (χ0v) is 11.7. The SMILES string of the molecule is CCCn1nc(COC)c(OC)c1C(=O)N(C)C. The van der Waals surface area contributed by atoms with Crippen molar-refractivity contribution >= 4 is 5.91 Å². The van der Waals surface area contributed by atoms with E-state index in [1.165, 1.54) is 4.90 Å². The van der Waals surface area contributed by atoms with E-state index in [2.05, 4.69) is 5.10 Å². The van der Waals surface area contributed by atoms with Gasteiger partial charge in [0.15, 0.2) is 11.4 Å². The molecule has 0 unspecified atom stereocenters. The van der Waals surface area contributed by atoms with Crippen molar-refractivity contribution < 1.29 is 14.3 Å². The fourth-order valence-electron chi connectivity index (χ4n) is 1.73. The summed E-state index contributed by atoms with van der Waals surface area (Å²) in [5.41, 5.74) is 1.13. The number of methoxy groups -OCH3 is 2. The number of ether oxygens (including phenoxy) is 2. The molecule has 0 aliphatic rings. The molecule has 0 aliphatic carbocycles. The number of hydrogen-bond donors (Lipinski definition) is 0. The molecule has 18 heavy (non-hydrogen) atoms. The predicted octanol–water partition coefficient (Wildman–Crippen LogP) is 1.15. The van der Waals surface area contributed by atoms with Gasteiger partial charge < -0.3 is 14.4 Å². The highest BCUT2D eigenvalue weighted by molar-refractivity contribution is 5.95. The van der Waals surface area contributed by atoms with Crippen molar-refractivity contribution in [2.75, 3.05) is 28.3 Å². The van der Waals surface area contributed by atoms with E-state index in [-0.39, 0.29) is 5.91 Å². The molecule has 6 nitrogen and oxygen atoms in total. The molecule has 0 bridgehead atoms. The van der Waals surface area contributed by atoms with Crippen LogP contribution >= 0.6 is 0 Å². The summed E-state index contributed by atoms with van der Waals surface area (Å²) in [5, 5.41) is 4.38. The van der Waals surface area contributed by atoms with Gasteiger partial charge in [0.05, 0.1) is 13.7 Å². The smallest absolute Gasteiger partial charge is 0.275 e. The molecule has 0 aliphatic heterocycles. The van der Waals surface area contributed by atoms with E-state index in [1.54, 1.807) is 33.0 Å². The van der Waals surface area contributed by atoms with Crippen molar-refractivity contribution in [1.82, 2.24) is 14.7 Å². The third-order valence-electron chi connectivity index (χ3n) is 2.51. The second-order valence-electron chi connectivity index (χ2n) is 4.18. The minimum absolute atomic E-state index is 0.116. The van der Waals surface area contributed by atoms with Crippen molar-refractivity contribution in [3.63, 3.8) is 0 Å². The Labute approximate surface area is 107 Å². The standard InChI is InChI=1S/C12H21N3O3/c1-6-7-15-10(12(16)14(2)3)11(18-5)9(13-15)8-17-4/h6-8H2,1-5H3. The largest absolute Gasteiger partial charge is 0.492 e. The Morgan fingerprint density at radius 3 is 2.50 bits per heavy atom. The Morgan fingerprint density at radius 1 is 1.39 bits per heavy atom. The lowest BCUT2D eigenvalue weighted by Crippen LogP contribution is -2.25. The van der Waals surface area contributed by atoms with Crippen LogP contribution in [0, 0.1) is 0 Å². The van der Waals surface area contributed by atoms with Crippen LogP contribution < -0.4 is 4.74 Å². The summed E-state index contributed by atoms with van der Waals surface area (Å²) in [6, 6.07) is 0. The molecule has 6 heteroatoms. The Hall–Kier alpha value is -1.56. The van der Waals surface area contributed by atoms with Gasteiger partial charge in [0, 0.05) is 27.7 Å². The van der Waals surface area contributed by atoms with E-state index in [1.807, 2.05) is 6.92 Å². The molecule has 1 aromatic rings. The van der Waals surface area contributed by atoms with Crippen LogP contribution in [0.3, 0.4) is 0 Å². The number of hydrogen-bond acceptors (Lipinski definition) is 4. The average molecular weight is 255 g/mol. The molecular weight excluding hydrogens is 234 g/mol. The maximum absolute atomic E-state index is 12.2. The number of carbonyl (C=O) groups excluding carboxylic acids is 1. The van der Waals surface area contributed by atoms with Gasteiger partial charge in [-0.2, -0.15) is 5.10 Å². The van der Waals surface area contributed by atoms with Gasteiger partial charge in [-0.25, -0.2) is 0 Å². The zero-order chi connectivity index (χ0) is 13.7. The van der Waals surface area contributed by atoms with Crippen molar-refractivity contribution in [2.24, 2.45) is 0 Å². The number of nitrogens with zero attached hydrogens (tertiary/aromatic N) is 3. The molecule has 0 saturated carbocycles. The first-order valence-corrected chi connectivity index (χ1v) is 5.91. The molecule has 0 saturated heterocycles. The third-order valence-corrected chi connectivity index (χ3v) is 2.51. The summed E-state index contributed by atoms with van der Waals surface area (Å²) < 4.78 is 12.1. The average Bonchev–Trinajstić information content (AvgIpc) is 2.66. The van der Waals surface area contributed by atoms with Crippen LogP contribution in [0.25, 0.3) is 0 Å². The third kappa shape index (κ3) is 2.81. The minimum atomic E-state index is -0.116. The van der Waals surface area contributed by atoms with Gasteiger partial charge >= 0.3 is 0 Å². The van der Waals surface area contributed by atoms with Gasteiger partial charge in [-0.1, -0.05) is 6.92 Å². The highest BCUT2D eigenvalue weighted by Crippen LogP contribution is 2.25. The highest BCUT2D eigenvalue weighted by atomic mass is 16.5. The molecule has 0 N–H and O–H groups in total. The second-order valence-corrected chi connectivity index (χ2v) is 4.18. The molecular formula is C12H21N3O3. The highest BCUT2D eigenvalue weighted by Gasteiger charge is 2.25. The first-order valence-electron chi connectivity index (χ1n) is 5.91. The fourth-order valence-corrected chi connectivity index (χ4v) is 1.73. The Bertz CT molecular complexity index is 413. The summed E-state index contributed by atoms with van der Waals surface area (Å²) in [7, 11) is 6.55. The van der Waals surface area contributed by atoms with Crippen LogP contribution in [0.1, 0.15) is 29.5 Å². The van der Waals surface area contributed by atoms with Crippen LogP contribution in [0.15, 0.2) is 0 Å². The van der Waals surface area contributed by atoms with E-state index in [4.69, 9.17) is 9.47 Å². The number of amides is 1. The van der Waals surface area contributed by atoms with Gasteiger partial charge in [0.2, 0.25) is 0 Å². The molecule has 0 atom stereocenters. The van der Waals surface area contributed by atoms with Crippen LogP contribution in [0.5, 0.6) is 5.75 Å². The number of aryl methyl sites for hydroxylation is 1. The van der Waals surface area contributed by atoms with E-state index >= 15 is 0 Å². The van der Waals surface area contributed by atoms with Gasteiger partial charge in [-0.15, -0.1) is 0 Å². The van der Waals surface area contributed by atoms with E-state index < -0.39 is 0 Å². The summed E-state index contributed by atoms with van der Waals surface area (Å²) >= 11 is 0. The monoisotopic (exact) mass is 255 g/mol. The van der Waals surface area contributed by atoms with E-state index in [0.29, 0.717) is 30.3 Å². The predicted molar refractivity (Wildman–Crippen MR) is 67.8 cm³/mol. The van der Waals surface area contributed by atoms with Gasteiger partial charge in [-0.05, 0) is 6.42 Å². The molecule has 0 fully saturated rings. The molecule has 1 aromatic heterocycles. The van der Waals surface area contributed by atoms with Crippen LogP contribution in [0.4, 0.5) is 0 Å². The molecule has 0 spiro atoms. The molecule has 102 valence electrons. The van der Waals surface area contributed by atoms with Crippen LogP contribution in [0.2, 0.25) is 0 Å². The second kappa shape index (κ2) is 6.39. The van der Waals surface area contributed by atoms with E-state index in [0.717, 1.165) is 6.42 Å². The summed E-state index contributed by atoms with van der Waals surface area (Å²) in [6.07, 6.45) is 0.894. The maximum Gasteiger partial charge on any atom is 0.275 e. The summed E-state index contributed by atoms with van der Waals surface area (Å²) in [5.74, 6) is 0.388. The molecule has 1 heterocycles. The molecule has 0 radical (unpaired) electrons. The number of aromatic nitrogens is 2. The molecule has 1 amide bonds. The van der Waals surface area contributed by atoms with Crippen molar-refractivity contribution in [2.45, 2.75) is 26.5 Å². The number of rotatable bonds is 6. The Morgan fingerprint density at radius 2 is 2.06 bits per heavy atom. The first kappa shape index (κ1) is 14.5. The lowest BCUT2D eigenvalue weighted by atomic mass is 10.3. The topological polar surface area (TPSA) is 56.6 Å². The molecule has 1 rings (SSSR count). The Kier molecular flexibility index (Phi) is 5.15. The lowest BCUT2D eigenvalue weighted by Gasteiger charge is -2.13. The van der Waals surface area contributed by atoms with Gasteiger partial charge in [0.25, 0.3) is 5.91 Å². The fraction of sp³-hybridized carbons (Fsp3) is 0.667. The maximum atomic E-state index is 12.2. The minimum Gasteiger partial charge on any atom is -0.492 e. The normalized spacial score (nSPS) is 10.5. The summed E-state index contributed by atoms with van der Waals surface area (Å²) in [4.78, 5) is 13.7.